The van der Waals surface area contributed by atoms with Crippen LogP contribution in [0.1, 0.15) is 18.4 Å². The molecule has 2 aromatic carbocycles. The van der Waals surface area contributed by atoms with E-state index in [1.165, 1.54) is 0 Å². The Labute approximate surface area is 156 Å². The van der Waals surface area contributed by atoms with Crippen molar-refractivity contribution in [2.24, 2.45) is 5.41 Å². The number of hydrogen-bond acceptors (Lipinski definition) is 4. The van der Waals surface area contributed by atoms with Crippen LogP contribution in [0.5, 0.6) is 0 Å². The van der Waals surface area contributed by atoms with E-state index in [9.17, 15) is 13.7 Å². The van der Waals surface area contributed by atoms with Crippen molar-refractivity contribution < 1.29 is 13.2 Å². The third-order valence-electron chi connectivity index (χ3n) is 4.64. The lowest BCUT2D eigenvalue weighted by atomic mass is 10.0. The Kier molecular flexibility index (Phi) is 5.01. The summed E-state index contributed by atoms with van der Waals surface area (Å²) in [4.78, 5) is 0.246. The first-order chi connectivity index (χ1) is 12.0. The zero-order valence-corrected chi connectivity index (χ0v) is 16.1. The van der Waals surface area contributed by atoms with Crippen molar-refractivity contribution in [1.29, 1.82) is 5.26 Å². The largest absolute Gasteiger partial charge is 0.380 e. The molecule has 1 aliphatic rings. The Morgan fingerprint density at radius 1 is 1.16 bits per heavy atom. The average molecular weight is 420 g/mol. The Hall–Kier alpha value is -1.68. The molecule has 3 atom stereocenters. The Balaban J connectivity index is 2.06. The fourth-order valence-electron chi connectivity index (χ4n) is 3.37. The first kappa shape index (κ1) is 18.1. The molecule has 4 nitrogen and oxygen atoms in total. The number of hydrogen-bond donors (Lipinski definition) is 0. The van der Waals surface area contributed by atoms with Gasteiger partial charge in [-0.2, -0.15) is 5.26 Å². The molecule has 0 N–H and O–H groups in total. The monoisotopic (exact) mass is 419 g/mol. The molecule has 0 aromatic heterocycles. The summed E-state index contributed by atoms with van der Waals surface area (Å²) in [6, 6.07) is 18.0. The summed E-state index contributed by atoms with van der Waals surface area (Å²) in [5, 5.41) is 9.04. The third-order valence-corrected chi connectivity index (χ3v) is 7.46. The van der Waals surface area contributed by atoms with Crippen LogP contribution in [0.2, 0.25) is 0 Å². The SMILES string of the molecule is CCOC[C@@]1(C#N)[C@@H](c2ccc(Br)cc2)[C@@H]1S(=O)(=O)c1ccccc1. The van der Waals surface area contributed by atoms with Gasteiger partial charge in [-0.05, 0) is 36.8 Å². The molecule has 0 saturated heterocycles. The second kappa shape index (κ2) is 6.91. The first-order valence-corrected chi connectivity index (χ1v) is 10.3. The van der Waals surface area contributed by atoms with E-state index in [0.29, 0.717) is 6.61 Å². The Morgan fingerprint density at radius 2 is 1.80 bits per heavy atom. The standard InChI is InChI=1S/C19H18BrNO3S/c1-2-24-13-19(12-21)17(14-8-10-15(20)11-9-14)18(19)25(22,23)16-6-4-3-5-7-16/h3-11,17-18H,2,13H2,1H3/t17-,18-,19-/m0/s1. The molecular weight excluding hydrogens is 402 g/mol. The minimum absolute atomic E-state index is 0.109. The molecule has 0 heterocycles. The van der Waals surface area contributed by atoms with Crippen LogP contribution in [0.3, 0.4) is 0 Å². The van der Waals surface area contributed by atoms with Crippen LogP contribution in [-0.4, -0.2) is 26.9 Å². The van der Waals surface area contributed by atoms with Gasteiger partial charge >= 0.3 is 0 Å². The second-order valence-electron chi connectivity index (χ2n) is 6.10. The van der Waals surface area contributed by atoms with E-state index in [2.05, 4.69) is 22.0 Å². The van der Waals surface area contributed by atoms with Crippen molar-refractivity contribution in [2.75, 3.05) is 13.2 Å². The van der Waals surface area contributed by atoms with Crippen molar-refractivity contribution in [3.63, 3.8) is 0 Å². The van der Waals surface area contributed by atoms with Gasteiger partial charge in [0.1, 0.15) is 5.41 Å². The summed E-state index contributed by atoms with van der Waals surface area (Å²) >= 11 is 3.39. The molecule has 6 heteroatoms. The number of rotatable bonds is 6. The fourth-order valence-corrected chi connectivity index (χ4v) is 5.96. The lowest BCUT2D eigenvalue weighted by molar-refractivity contribution is 0.117. The fraction of sp³-hybridized carbons (Fsp3) is 0.316. The van der Waals surface area contributed by atoms with Gasteiger partial charge in [-0.15, -0.1) is 0 Å². The third kappa shape index (κ3) is 3.12. The molecule has 1 aliphatic carbocycles. The summed E-state index contributed by atoms with van der Waals surface area (Å²) in [5.74, 6) is -0.401. The van der Waals surface area contributed by atoms with E-state index in [1.807, 2.05) is 31.2 Å². The maximum absolute atomic E-state index is 13.2. The number of ether oxygens (including phenoxy) is 1. The van der Waals surface area contributed by atoms with Crippen molar-refractivity contribution >= 4 is 25.8 Å². The summed E-state index contributed by atoms with van der Waals surface area (Å²) in [5.41, 5.74) is -0.215. The van der Waals surface area contributed by atoms with E-state index in [1.54, 1.807) is 30.3 Å². The van der Waals surface area contributed by atoms with Crippen molar-refractivity contribution in [3.05, 3.63) is 64.6 Å². The number of nitriles is 1. The average Bonchev–Trinajstić information content (AvgIpc) is 3.31. The van der Waals surface area contributed by atoms with Gasteiger partial charge in [-0.25, -0.2) is 8.42 Å². The lowest BCUT2D eigenvalue weighted by Crippen LogP contribution is -2.19. The number of halogens is 1. The van der Waals surface area contributed by atoms with Crippen LogP contribution in [0.4, 0.5) is 0 Å². The van der Waals surface area contributed by atoms with Crippen LogP contribution in [-0.2, 0) is 14.6 Å². The highest BCUT2D eigenvalue weighted by molar-refractivity contribution is 9.10. The number of nitrogens with zero attached hydrogens (tertiary/aromatic N) is 1. The molecular formula is C19H18BrNO3S. The smallest absolute Gasteiger partial charge is 0.183 e. The predicted octanol–water partition coefficient (Wildman–Crippen LogP) is 3.94. The van der Waals surface area contributed by atoms with Crippen molar-refractivity contribution in [1.82, 2.24) is 0 Å². The van der Waals surface area contributed by atoms with Crippen molar-refractivity contribution in [2.45, 2.75) is 23.0 Å². The van der Waals surface area contributed by atoms with Gasteiger partial charge in [-0.3, -0.25) is 0 Å². The summed E-state index contributed by atoms with van der Waals surface area (Å²) in [6.07, 6.45) is 0. The molecule has 0 radical (unpaired) electrons. The van der Waals surface area contributed by atoms with E-state index in [0.717, 1.165) is 10.0 Å². The first-order valence-electron chi connectivity index (χ1n) is 8.01. The highest BCUT2D eigenvalue weighted by Gasteiger charge is 2.72. The van der Waals surface area contributed by atoms with Crippen molar-refractivity contribution in [3.8, 4) is 6.07 Å². The lowest BCUT2D eigenvalue weighted by Gasteiger charge is -2.09. The highest BCUT2D eigenvalue weighted by atomic mass is 79.9. The van der Waals surface area contributed by atoms with Crippen LogP contribution in [0, 0.1) is 16.7 Å². The Bertz CT molecular complexity index is 891. The molecule has 2 aromatic rings. The summed E-state index contributed by atoms with van der Waals surface area (Å²) < 4.78 is 32.7. The van der Waals surface area contributed by atoms with Crippen LogP contribution in [0.25, 0.3) is 0 Å². The van der Waals surface area contributed by atoms with Gasteiger partial charge < -0.3 is 4.74 Å². The van der Waals surface area contributed by atoms with E-state index in [4.69, 9.17) is 4.74 Å². The van der Waals surface area contributed by atoms with Crippen LogP contribution < -0.4 is 0 Å². The normalized spacial score (nSPS) is 25.3. The molecule has 1 saturated carbocycles. The Morgan fingerprint density at radius 3 is 2.36 bits per heavy atom. The maximum Gasteiger partial charge on any atom is 0.183 e. The molecule has 3 rings (SSSR count). The van der Waals surface area contributed by atoms with Gasteiger partial charge in [0.25, 0.3) is 0 Å². The molecule has 0 unspecified atom stereocenters. The molecule has 0 aliphatic heterocycles. The minimum atomic E-state index is -3.64. The van der Waals surface area contributed by atoms with Crippen LogP contribution >= 0.6 is 15.9 Å². The zero-order valence-electron chi connectivity index (χ0n) is 13.7. The van der Waals surface area contributed by atoms with Gasteiger partial charge in [0.15, 0.2) is 9.84 Å². The highest BCUT2D eigenvalue weighted by Crippen LogP contribution is 2.63. The van der Waals surface area contributed by atoms with Gasteiger partial charge in [0, 0.05) is 17.0 Å². The minimum Gasteiger partial charge on any atom is -0.380 e. The molecule has 0 amide bonds. The summed E-state index contributed by atoms with van der Waals surface area (Å²) in [6.45, 7) is 2.38. The number of benzene rings is 2. The van der Waals surface area contributed by atoms with E-state index < -0.39 is 26.4 Å². The second-order valence-corrected chi connectivity index (χ2v) is 9.08. The van der Waals surface area contributed by atoms with Gasteiger partial charge in [-0.1, -0.05) is 46.3 Å². The van der Waals surface area contributed by atoms with E-state index in [-0.39, 0.29) is 11.5 Å². The van der Waals surface area contributed by atoms with Crippen LogP contribution in [0.15, 0.2) is 64.0 Å². The molecule has 130 valence electrons. The van der Waals surface area contributed by atoms with E-state index >= 15 is 0 Å². The predicted molar refractivity (Wildman–Crippen MR) is 98.8 cm³/mol. The zero-order chi connectivity index (χ0) is 18.1. The topological polar surface area (TPSA) is 67.2 Å². The molecule has 0 spiro atoms. The van der Waals surface area contributed by atoms with Gasteiger partial charge in [0.05, 0.1) is 22.8 Å². The van der Waals surface area contributed by atoms with Gasteiger partial charge in [0.2, 0.25) is 0 Å². The molecule has 0 bridgehead atoms. The quantitative estimate of drug-likeness (QED) is 0.710. The maximum atomic E-state index is 13.2. The number of sulfone groups is 1. The molecule has 25 heavy (non-hydrogen) atoms. The molecule has 1 fully saturated rings. The summed E-state index contributed by atoms with van der Waals surface area (Å²) in [7, 11) is -3.64.